The van der Waals surface area contributed by atoms with Gasteiger partial charge in [0.25, 0.3) is 0 Å². The molecule has 0 bridgehead atoms. The summed E-state index contributed by atoms with van der Waals surface area (Å²) in [7, 11) is -1.36. The lowest BCUT2D eigenvalue weighted by atomic mass is 10.1. The first-order valence-corrected chi connectivity index (χ1v) is 8.60. The van der Waals surface area contributed by atoms with E-state index in [0.29, 0.717) is 5.78 Å². The van der Waals surface area contributed by atoms with Crippen molar-refractivity contribution in [1.29, 1.82) is 0 Å². The van der Waals surface area contributed by atoms with Crippen LogP contribution in [0, 0.1) is 0 Å². The maximum absolute atomic E-state index is 12.0. The van der Waals surface area contributed by atoms with Gasteiger partial charge in [0.2, 0.25) is 0 Å². The van der Waals surface area contributed by atoms with Gasteiger partial charge in [-0.3, -0.25) is 4.79 Å². The molecule has 1 unspecified atom stereocenters. The van der Waals surface area contributed by atoms with E-state index >= 15 is 0 Å². The molecule has 0 aliphatic rings. The van der Waals surface area contributed by atoms with E-state index in [1.807, 2.05) is 30.3 Å². The van der Waals surface area contributed by atoms with Gasteiger partial charge < -0.3 is 0 Å². The van der Waals surface area contributed by atoms with Gasteiger partial charge >= 0.3 is 0 Å². The Morgan fingerprint density at radius 1 is 1.14 bits per heavy atom. The summed E-state index contributed by atoms with van der Waals surface area (Å²) in [5.41, 5.74) is 1.05. The molecule has 0 heterocycles. The average molecular weight is 206 g/mol. The van der Waals surface area contributed by atoms with E-state index in [0.717, 1.165) is 5.56 Å². The highest BCUT2D eigenvalue weighted by Gasteiger charge is 2.28. The van der Waals surface area contributed by atoms with E-state index in [1.165, 1.54) is 0 Å². The van der Waals surface area contributed by atoms with E-state index in [9.17, 15) is 4.79 Å². The molecule has 0 saturated heterocycles. The monoisotopic (exact) mass is 206 g/mol. The number of Topliss-reactive ketones (excluding diaryl/α,β-unsaturated/α-hetero) is 1. The zero-order valence-electron chi connectivity index (χ0n) is 9.37. The van der Waals surface area contributed by atoms with Crippen LogP contribution in [0.4, 0.5) is 0 Å². The first-order chi connectivity index (χ1) is 6.43. The summed E-state index contributed by atoms with van der Waals surface area (Å²) in [6.07, 6.45) is 0. The minimum absolute atomic E-state index is 0.199. The minimum Gasteiger partial charge on any atom is -0.294 e. The molecule has 0 aliphatic heterocycles. The second kappa shape index (κ2) is 4.09. The van der Waals surface area contributed by atoms with Crippen molar-refractivity contribution < 1.29 is 4.79 Å². The molecule has 0 aliphatic carbocycles. The fourth-order valence-corrected chi connectivity index (χ4v) is 2.20. The predicted octanol–water partition coefficient (Wildman–Crippen LogP) is 3.60. The zero-order valence-corrected chi connectivity index (χ0v) is 10.4. The Bertz CT molecular complexity index is 311. The normalized spacial score (nSPS) is 13.7. The Hall–Kier alpha value is -0.893. The highest BCUT2D eigenvalue weighted by atomic mass is 28.3. The van der Waals surface area contributed by atoms with Gasteiger partial charge in [-0.2, -0.15) is 0 Å². The van der Waals surface area contributed by atoms with E-state index in [2.05, 4.69) is 26.6 Å². The Morgan fingerprint density at radius 2 is 1.64 bits per heavy atom. The standard InChI is InChI=1S/C12H18OSi/c1-10(14(2,3)4)12(13)11-8-6-5-7-9-11/h5-10H,1-4H3. The smallest absolute Gasteiger partial charge is 0.163 e. The number of hydrogen-bond donors (Lipinski definition) is 0. The van der Waals surface area contributed by atoms with Crippen LogP contribution in [0.1, 0.15) is 17.3 Å². The molecule has 0 aromatic heterocycles. The second-order valence-corrected chi connectivity index (χ2v) is 10.4. The predicted molar refractivity (Wildman–Crippen MR) is 63.5 cm³/mol. The van der Waals surface area contributed by atoms with Crippen molar-refractivity contribution >= 4 is 13.9 Å². The third kappa shape index (κ3) is 2.55. The van der Waals surface area contributed by atoms with Crippen LogP contribution >= 0.6 is 0 Å². The van der Waals surface area contributed by atoms with Crippen LogP contribution in [-0.4, -0.2) is 13.9 Å². The first kappa shape index (κ1) is 11.2. The Morgan fingerprint density at radius 3 is 2.07 bits per heavy atom. The maximum atomic E-state index is 12.0. The summed E-state index contributed by atoms with van der Waals surface area (Å²) in [5.74, 6) is 0.296. The summed E-state index contributed by atoms with van der Waals surface area (Å²) < 4.78 is 0. The molecule has 1 atom stereocenters. The van der Waals surface area contributed by atoms with Crippen LogP contribution in [0.5, 0.6) is 0 Å². The quantitative estimate of drug-likeness (QED) is 0.545. The number of hydrogen-bond acceptors (Lipinski definition) is 1. The molecule has 76 valence electrons. The lowest BCUT2D eigenvalue weighted by Crippen LogP contribution is -2.31. The van der Waals surface area contributed by atoms with Crippen LogP contribution in [0.25, 0.3) is 0 Å². The molecule has 1 nitrogen and oxygen atoms in total. The number of carbonyl (C=O) groups is 1. The van der Waals surface area contributed by atoms with Gasteiger partial charge in [-0.25, -0.2) is 0 Å². The van der Waals surface area contributed by atoms with E-state index in [1.54, 1.807) is 0 Å². The van der Waals surface area contributed by atoms with Crippen LogP contribution < -0.4 is 0 Å². The van der Waals surface area contributed by atoms with Crippen LogP contribution in [0.3, 0.4) is 0 Å². The molecular weight excluding hydrogens is 188 g/mol. The number of benzene rings is 1. The van der Waals surface area contributed by atoms with E-state index in [4.69, 9.17) is 0 Å². The van der Waals surface area contributed by atoms with Crippen molar-refractivity contribution in [3.8, 4) is 0 Å². The molecule has 0 radical (unpaired) electrons. The third-order valence-electron chi connectivity index (χ3n) is 2.75. The fraction of sp³-hybridized carbons (Fsp3) is 0.417. The fourth-order valence-electron chi connectivity index (χ4n) is 1.25. The molecule has 0 saturated carbocycles. The molecular formula is C12H18OSi. The van der Waals surface area contributed by atoms with Gasteiger partial charge in [-0.15, -0.1) is 0 Å². The molecule has 1 aromatic carbocycles. The molecule has 1 rings (SSSR count). The summed E-state index contributed by atoms with van der Waals surface area (Å²) in [4.78, 5) is 12.0. The van der Waals surface area contributed by atoms with E-state index < -0.39 is 8.07 Å². The van der Waals surface area contributed by atoms with Gasteiger partial charge in [0.1, 0.15) is 0 Å². The summed E-state index contributed by atoms with van der Waals surface area (Å²) in [6.45, 7) is 8.76. The number of ketones is 1. The van der Waals surface area contributed by atoms with Crippen molar-refractivity contribution in [2.24, 2.45) is 0 Å². The topological polar surface area (TPSA) is 17.1 Å². The van der Waals surface area contributed by atoms with Crippen LogP contribution in [-0.2, 0) is 0 Å². The Balaban J connectivity index is 2.87. The molecule has 0 spiro atoms. The molecule has 0 amide bonds. The molecule has 0 fully saturated rings. The largest absolute Gasteiger partial charge is 0.294 e. The summed E-state index contributed by atoms with van der Waals surface area (Å²) in [5, 5.41) is 0. The van der Waals surface area contributed by atoms with E-state index in [-0.39, 0.29) is 5.54 Å². The highest BCUT2D eigenvalue weighted by Crippen LogP contribution is 2.25. The molecule has 0 N–H and O–H groups in total. The van der Waals surface area contributed by atoms with Crippen molar-refractivity contribution in [3.63, 3.8) is 0 Å². The lowest BCUT2D eigenvalue weighted by Gasteiger charge is -2.23. The zero-order chi connectivity index (χ0) is 10.8. The van der Waals surface area contributed by atoms with Crippen molar-refractivity contribution in [2.75, 3.05) is 0 Å². The van der Waals surface area contributed by atoms with Crippen molar-refractivity contribution in [3.05, 3.63) is 35.9 Å². The Kier molecular flexibility index (Phi) is 3.27. The third-order valence-corrected chi connectivity index (χ3v) is 5.61. The van der Waals surface area contributed by atoms with Crippen molar-refractivity contribution in [2.45, 2.75) is 32.1 Å². The minimum atomic E-state index is -1.36. The van der Waals surface area contributed by atoms with Crippen LogP contribution in [0.2, 0.25) is 25.2 Å². The number of rotatable bonds is 3. The SMILES string of the molecule is CC(C(=O)c1ccccc1)[Si](C)(C)C. The maximum Gasteiger partial charge on any atom is 0.163 e. The Labute approximate surface area is 87.2 Å². The van der Waals surface area contributed by atoms with Gasteiger partial charge in [-0.1, -0.05) is 56.9 Å². The first-order valence-electron chi connectivity index (χ1n) is 5.02. The molecule has 2 heteroatoms. The molecule has 14 heavy (non-hydrogen) atoms. The van der Waals surface area contributed by atoms with Gasteiger partial charge in [-0.05, 0) is 0 Å². The summed E-state index contributed by atoms with van der Waals surface area (Å²) in [6, 6.07) is 9.59. The number of carbonyl (C=O) groups excluding carboxylic acids is 1. The lowest BCUT2D eigenvalue weighted by molar-refractivity contribution is 0.0986. The van der Waals surface area contributed by atoms with Crippen molar-refractivity contribution in [1.82, 2.24) is 0 Å². The summed E-state index contributed by atoms with van der Waals surface area (Å²) >= 11 is 0. The second-order valence-electron chi connectivity index (χ2n) is 4.82. The van der Waals surface area contributed by atoms with Gasteiger partial charge in [0, 0.05) is 11.1 Å². The highest BCUT2D eigenvalue weighted by molar-refractivity contribution is 6.80. The average Bonchev–Trinajstić information content (AvgIpc) is 2.15. The van der Waals surface area contributed by atoms with Gasteiger partial charge in [0.15, 0.2) is 5.78 Å². The van der Waals surface area contributed by atoms with Crippen LogP contribution in [0.15, 0.2) is 30.3 Å². The van der Waals surface area contributed by atoms with Gasteiger partial charge in [0.05, 0.1) is 8.07 Å². The molecule has 1 aromatic rings.